The molecule has 2 aliphatic carbocycles. The van der Waals surface area contributed by atoms with Crippen LogP contribution in [0.15, 0.2) is 72.1 Å². The van der Waals surface area contributed by atoms with Crippen molar-refractivity contribution in [3.63, 3.8) is 0 Å². The van der Waals surface area contributed by atoms with Crippen molar-refractivity contribution >= 4 is 100.0 Å². The minimum Gasteiger partial charge on any atom is -0.870 e. The maximum Gasteiger partial charge on any atom is 1.00 e. The number of benzene rings is 1. The van der Waals surface area contributed by atoms with Crippen molar-refractivity contribution in [2.75, 3.05) is 48.7 Å². The maximum atomic E-state index is 13.2. The van der Waals surface area contributed by atoms with Gasteiger partial charge in [0.15, 0.2) is 5.65 Å². The smallest absolute Gasteiger partial charge is 0.870 e. The zero-order valence-corrected chi connectivity index (χ0v) is 41.4. The van der Waals surface area contributed by atoms with E-state index in [0.717, 1.165) is 69.4 Å². The number of carbonyl (C=O) groups is 2. The van der Waals surface area contributed by atoms with Gasteiger partial charge in [-0.05, 0) is 61.8 Å². The SMILES string of the molecule is [C-]#[N+]c1cnc2[nH]ccc2c1N(C)C1CC(CC(=O)Nc2nc(OC)ns2)C1.[C-]#[N+]c1cnc2c(ccn2S(=O)(=O)c2ccccc2)c1N(C)C1CC(CC(=O)Nc2nc(OC)ns2)C1.[HH].[HH].[HH].[HH].[HH].[HH].[HH].[HH].[HH].[HH].[HH].[HH].[HH].[HH].[HH].[Na+].[OH-]. The van der Waals surface area contributed by atoms with Crippen molar-refractivity contribution in [3.8, 4) is 12.0 Å². The Labute approximate surface area is 437 Å². The number of hydrogen-bond donors (Lipinski definition) is 3. The molecule has 2 fully saturated rings. The maximum absolute atomic E-state index is 13.2. The van der Waals surface area contributed by atoms with E-state index >= 15 is 0 Å². The van der Waals surface area contributed by atoms with Crippen LogP contribution < -0.4 is 59.5 Å². The molecule has 0 spiro atoms. The summed E-state index contributed by atoms with van der Waals surface area (Å²) in [6.07, 6.45) is 10.4. The fourth-order valence-electron chi connectivity index (χ4n) is 8.11. The molecule has 2 saturated carbocycles. The molecule has 2 amide bonds. The van der Waals surface area contributed by atoms with Crippen LogP contribution in [0.3, 0.4) is 0 Å². The third kappa shape index (κ3) is 10.7. The quantitative estimate of drug-likeness (QED) is 0.0698. The zero-order valence-electron chi connectivity index (χ0n) is 36.9. The summed E-state index contributed by atoms with van der Waals surface area (Å²) in [7, 11) is 3.00. The minimum absolute atomic E-state index is 0. The molecule has 25 heteroatoms. The predicted molar refractivity (Wildman–Crippen MR) is 280 cm³/mol. The first-order valence-corrected chi connectivity index (χ1v) is 23.2. The number of rotatable bonds is 14. The monoisotopic (exact) mass is 1000 g/mol. The van der Waals surface area contributed by atoms with Crippen molar-refractivity contribution in [2.24, 2.45) is 11.8 Å². The van der Waals surface area contributed by atoms with E-state index in [-0.39, 0.29) is 103 Å². The largest absolute Gasteiger partial charge is 1.00 e. The van der Waals surface area contributed by atoms with Gasteiger partial charge in [0, 0.05) is 119 Å². The third-order valence-electron chi connectivity index (χ3n) is 11.6. The molecule has 7 aromatic rings. The van der Waals surface area contributed by atoms with Gasteiger partial charge in [0.05, 0.1) is 43.6 Å². The van der Waals surface area contributed by atoms with Crippen LogP contribution in [-0.2, 0) is 19.6 Å². The summed E-state index contributed by atoms with van der Waals surface area (Å²) in [5, 5.41) is 7.89. The van der Waals surface area contributed by atoms with Crippen LogP contribution in [0, 0.1) is 25.0 Å². The molecule has 0 radical (unpaired) electrons. The summed E-state index contributed by atoms with van der Waals surface area (Å²) >= 11 is 2.16. The summed E-state index contributed by atoms with van der Waals surface area (Å²) in [5.41, 5.74) is 3.46. The molecule has 0 aliphatic heterocycles. The third-order valence-corrected chi connectivity index (χ3v) is 14.5. The normalized spacial score (nSPS) is 17.1. The standard InChI is InChI=1S/C24H23N7O4S2.C18H19N7O2S.Na.H2O.15H2/c1-25-19-14-26-22-18(9-10-31(22)37(33,34)17-7-5-4-6-8-17)21(19)30(2)16-11-15(12-16)13-20(32)27-24-28-23(35-3)29-36-24;1-19-13-9-21-16-12(4-5-20-16)15(13)25(2)11-6-10(7-11)8-14(26)22-18-23-17(27-3)24-28-18;;;;;;;;;;;;;;;;;/h4-10,14-16H,11-13H2,2-3H3,(H,27,28,29,32);4-5,9-11H,6-8H2,2-3H3,(H,20,21)(H,22,23,24,26);;1H2;15*1H/q;;+1;;;;;;;;;;;;;;;;/p-1. The number of aromatic nitrogens is 8. The number of anilines is 4. The van der Waals surface area contributed by atoms with Crippen LogP contribution in [0.2, 0.25) is 0 Å². The van der Waals surface area contributed by atoms with E-state index < -0.39 is 10.0 Å². The molecule has 67 heavy (non-hydrogen) atoms. The Bertz CT molecular complexity index is 3120. The molecule has 4 N–H and O–H groups in total. The molecule has 1 aromatic carbocycles. The van der Waals surface area contributed by atoms with Gasteiger partial charge in [-0.1, -0.05) is 18.2 Å². The van der Waals surface area contributed by atoms with Crippen molar-refractivity contribution in [2.45, 2.75) is 55.5 Å². The second-order valence-electron chi connectivity index (χ2n) is 15.5. The Morgan fingerprint density at radius 1 is 0.821 bits per heavy atom. The van der Waals surface area contributed by atoms with Crippen molar-refractivity contribution in [1.29, 1.82) is 0 Å². The van der Waals surface area contributed by atoms with Gasteiger partial charge in [0.1, 0.15) is 5.65 Å². The summed E-state index contributed by atoms with van der Waals surface area (Å²) in [5.74, 6) is 0.284. The second-order valence-corrected chi connectivity index (χ2v) is 18.8. The molecule has 6 aromatic heterocycles. The van der Waals surface area contributed by atoms with E-state index in [1.807, 2.05) is 31.3 Å². The number of nitrogens with zero attached hydrogens (tertiary/aromatic N) is 11. The van der Waals surface area contributed by atoms with Crippen LogP contribution in [0.1, 0.15) is 59.9 Å². The van der Waals surface area contributed by atoms with E-state index in [4.69, 9.17) is 22.6 Å². The van der Waals surface area contributed by atoms with E-state index in [0.29, 0.717) is 57.5 Å². The van der Waals surface area contributed by atoms with Crippen molar-refractivity contribution in [3.05, 3.63) is 90.1 Å². The number of aromatic amines is 1. The zero-order chi connectivity index (χ0) is 45.8. The molecule has 0 saturated heterocycles. The molecular weight excluding hydrogens is 932 g/mol. The summed E-state index contributed by atoms with van der Waals surface area (Å²) in [4.78, 5) is 56.0. The number of methoxy groups -OCH3 is 2. The molecule has 6 heterocycles. The first kappa shape index (κ1) is 50.2. The fraction of sp³-hybridized carbons (Fsp3) is 0.333. The van der Waals surface area contributed by atoms with E-state index in [2.05, 4.69) is 58.9 Å². The van der Waals surface area contributed by atoms with Gasteiger partial charge < -0.3 is 40.4 Å². The summed E-state index contributed by atoms with van der Waals surface area (Å²) < 4.78 is 45.4. The van der Waals surface area contributed by atoms with Gasteiger partial charge in [0.25, 0.3) is 10.0 Å². The number of nitrogens with one attached hydrogen (secondary N) is 3. The van der Waals surface area contributed by atoms with Gasteiger partial charge in [-0.25, -0.2) is 27.1 Å². The first-order chi connectivity index (χ1) is 31.4. The topological polar surface area (TPSA) is 254 Å². The molecule has 21 nitrogen and oxygen atoms in total. The summed E-state index contributed by atoms with van der Waals surface area (Å²) in [6, 6.07) is 12.7. The number of carbonyl (C=O) groups excluding carboxylic acids is 2. The van der Waals surface area contributed by atoms with Gasteiger partial charge in [-0.15, -0.1) is 8.75 Å². The molecule has 0 atom stereocenters. The molecule has 0 unspecified atom stereocenters. The number of H-pyrrole nitrogens is 1. The van der Waals surface area contributed by atoms with Crippen LogP contribution >= 0.6 is 23.1 Å². The number of pyridine rings is 2. The Morgan fingerprint density at radius 2 is 1.33 bits per heavy atom. The molecule has 2 aliphatic rings. The summed E-state index contributed by atoms with van der Waals surface area (Å²) in [6.45, 7) is 15.1. The van der Waals surface area contributed by atoms with Crippen molar-refractivity contribution in [1.82, 2.24) is 37.6 Å². The van der Waals surface area contributed by atoms with E-state index in [1.54, 1.807) is 30.5 Å². The van der Waals surface area contributed by atoms with E-state index in [1.165, 1.54) is 38.7 Å². The minimum atomic E-state index is -3.85. The average Bonchev–Trinajstić information content (AvgIpc) is 4.13. The fourth-order valence-corrected chi connectivity index (χ4v) is 10.6. The van der Waals surface area contributed by atoms with Gasteiger partial charge in [-0.2, -0.15) is 9.97 Å². The number of hydrogen-bond acceptors (Lipinski definition) is 17. The Kier molecular flexibility index (Phi) is 16.2. The van der Waals surface area contributed by atoms with Crippen LogP contribution in [0.25, 0.3) is 31.8 Å². The second kappa shape index (κ2) is 21.6. The van der Waals surface area contributed by atoms with Crippen LogP contribution in [0.5, 0.6) is 12.0 Å². The van der Waals surface area contributed by atoms with Gasteiger partial charge in [-0.3, -0.25) is 14.6 Å². The Hall–Kier alpha value is -6.25. The first-order valence-electron chi connectivity index (χ1n) is 20.2. The molecule has 0 bridgehead atoms. The predicted octanol–water partition coefficient (Wildman–Crippen LogP) is 7.66. The number of amides is 2. The van der Waals surface area contributed by atoms with Gasteiger partial charge >= 0.3 is 41.6 Å². The Morgan fingerprint density at radius 3 is 1.82 bits per heavy atom. The van der Waals surface area contributed by atoms with Crippen molar-refractivity contribution < 1.29 is 83.9 Å². The number of ether oxygens (including phenoxy) is 2. The van der Waals surface area contributed by atoms with Crippen LogP contribution in [0.4, 0.5) is 33.0 Å². The van der Waals surface area contributed by atoms with E-state index in [9.17, 15) is 18.0 Å². The van der Waals surface area contributed by atoms with Crippen LogP contribution in [-0.4, -0.2) is 104 Å². The molecule has 9 rings (SSSR count). The Balaban J connectivity index is -0.000000134. The average molecular weight is 1010 g/mol. The van der Waals surface area contributed by atoms with Gasteiger partial charge in [0.2, 0.25) is 33.5 Å². The molecular formula is C42H73N14NaO7S3. The molecule has 372 valence electrons. The number of fused-ring (bicyclic) bond motifs is 2.